The highest BCUT2D eigenvalue weighted by Crippen LogP contribution is 2.38. The van der Waals surface area contributed by atoms with Crippen molar-refractivity contribution >= 4 is 0 Å². The molecule has 0 heteroatoms. The highest BCUT2D eigenvalue weighted by atomic mass is 14.3. The van der Waals surface area contributed by atoms with E-state index < -0.39 is 0 Å². The van der Waals surface area contributed by atoms with Crippen LogP contribution in [0.25, 0.3) is 0 Å². The normalized spacial score (nSPS) is 18.2. The van der Waals surface area contributed by atoms with Crippen LogP contribution in [0.2, 0.25) is 0 Å². The summed E-state index contributed by atoms with van der Waals surface area (Å²) in [5.41, 5.74) is 0.587. The maximum absolute atomic E-state index is 2.47. The van der Waals surface area contributed by atoms with E-state index in [0.29, 0.717) is 5.41 Å². The fourth-order valence-electron chi connectivity index (χ4n) is 2.18. The maximum atomic E-state index is 2.47. The highest BCUT2D eigenvalue weighted by Gasteiger charge is 2.27. The molecule has 14 heavy (non-hydrogen) atoms. The number of rotatable bonds is 7. The molecule has 0 aromatic carbocycles. The van der Waals surface area contributed by atoms with E-state index in [1.54, 1.807) is 0 Å². The summed E-state index contributed by atoms with van der Waals surface area (Å²) in [7, 11) is 0. The van der Waals surface area contributed by atoms with Crippen molar-refractivity contribution in [1.29, 1.82) is 0 Å². The van der Waals surface area contributed by atoms with Crippen LogP contribution >= 0.6 is 0 Å². The molecule has 0 radical (unpaired) electrons. The fourth-order valence-corrected chi connectivity index (χ4v) is 2.18. The van der Waals surface area contributed by atoms with Crippen molar-refractivity contribution in [2.75, 3.05) is 0 Å². The zero-order valence-electron chi connectivity index (χ0n) is 11.2. The van der Waals surface area contributed by atoms with Crippen LogP contribution in [0.1, 0.15) is 73.6 Å². The van der Waals surface area contributed by atoms with Crippen molar-refractivity contribution in [3.63, 3.8) is 0 Å². The molecule has 0 spiro atoms. The average molecular weight is 198 g/mol. The fraction of sp³-hybridized carbons (Fsp3) is 1.00. The predicted molar refractivity (Wildman–Crippen MR) is 66.5 cm³/mol. The minimum absolute atomic E-state index is 0.587. The Kier molecular flexibility index (Phi) is 6.48. The molecule has 0 saturated heterocycles. The van der Waals surface area contributed by atoms with E-state index in [-0.39, 0.29) is 0 Å². The van der Waals surface area contributed by atoms with Gasteiger partial charge in [-0.15, -0.1) is 0 Å². The summed E-state index contributed by atoms with van der Waals surface area (Å²) in [6.45, 7) is 14.2. The van der Waals surface area contributed by atoms with Gasteiger partial charge in [-0.1, -0.05) is 67.2 Å². The second-order valence-electron chi connectivity index (χ2n) is 5.60. The van der Waals surface area contributed by atoms with Gasteiger partial charge in [-0.25, -0.2) is 0 Å². The van der Waals surface area contributed by atoms with Crippen molar-refractivity contribution in [2.45, 2.75) is 73.6 Å². The standard InChI is InChI=1S/C14H30/c1-7-13(5)14(6,8-2)11-9-10-12(3)4/h12-13H,7-11H2,1-6H3. The Morgan fingerprint density at radius 3 is 2.00 bits per heavy atom. The van der Waals surface area contributed by atoms with Crippen LogP contribution in [0.3, 0.4) is 0 Å². The Balaban J connectivity index is 3.99. The van der Waals surface area contributed by atoms with Crippen LogP contribution in [0.4, 0.5) is 0 Å². The van der Waals surface area contributed by atoms with E-state index in [0.717, 1.165) is 11.8 Å². The SMILES string of the molecule is CCC(C)C(C)(CC)CCCC(C)C. The summed E-state index contributed by atoms with van der Waals surface area (Å²) < 4.78 is 0. The van der Waals surface area contributed by atoms with E-state index in [9.17, 15) is 0 Å². The molecule has 0 aliphatic rings. The zero-order valence-corrected chi connectivity index (χ0v) is 11.2. The molecule has 0 aromatic heterocycles. The summed E-state index contributed by atoms with van der Waals surface area (Å²) >= 11 is 0. The van der Waals surface area contributed by atoms with E-state index in [2.05, 4.69) is 41.5 Å². The maximum Gasteiger partial charge on any atom is -0.0303 e. The quantitative estimate of drug-likeness (QED) is 0.522. The molecular weight excluding hydrogens is 168 g/mol. The summed E-state index contributed by atoms with van der Waals surface area (Å²) in [4.78, 5) is 0. The third kappa shape index (κ3) is 4.48. The Labute approximate surface area is 91.5 Å². The Morgan fingerprint density at radius 1 is 1.07 bits per heavy atom. The second-order valence-corrected chi connectivity index (χ2v) is 5.60. The predicted octanol–water partition coefficient (Wildman–Crippen LogP) is 5.28. The second kappa shape index (κ2) is 6.48. The van der Waals surface area contributed by atoms with Gasteiger partial charge in [0.05, 0.1) is 0 Å². The highest BCUT2D eigenvalue weighted by molar-refractivity contribution is 4.78. The van der Waals surface area contributed by atoms with Crippen LogP contribution in [0, 0.1) is 17.3 Å². The van der Waals surface area contributed by atoms with Gasteiger partial charge in [-0.05, 0) is 23.7 Å². The lowest BCUT2D eigenvalue weighted by Crippen LogP contribution is -2.24. The number of hydrogen-bond donors (Lipinski definition) is 0. The van der Waals surface area contributed by atoms with Gasteiger partial charge in [-0.3, -0.25) is 0 Å². The molecule has 0 nitrogen and oxygen atoms in total. The molecule has 0 bridgehead atoms. The largest absolute Gasteiger partial charge is 0.0651 e. The van der Waals surface area contributed by atoms with Crippen molar-refractivity contribution in [2.24, 2.45) is 17.3 Å². The molecule has 0 aliphatic carbocycles. The molecule has 0 aromatic rings. The lowest BCUT2D eigenvalue weighted by molar-refractivity contribution is 0.162. The third-order valence-corrected chi connectivity index (χ3v) is 4.14. The summed E-state index contributed by atoms with van der Waals surface area (Å²) in [6.07, 6.45) is 6.88. The van der Waals surface area contributed by atoms with Gasteiger partial charge in [0.2, 0.25) is 0 Å². The van der Waals surface area contributed by atoms with Crippen LogP contribution in [0.15, 0.2) is 0 Å². The van der Waals surface area contributed by atoms with Crippen molar-refractivity contribution in [3.05, 3.63) is 0 Å². The summed E-state index contributed by atoms with van der Waals surface area (Å²) in [6, 6.07) is 0. The first-order chi connectivity index (χ1) is 6.46. The molecule has 0 rings (SSSR count). The van der Waals surface area contributed by atoms with E-state index >= 15 is 0 Å². The lowest BCUT2D eigenvalue weighted by atomic mass is 9.71. The average Bonchev–Trinajstić information content (AvgIpc) is 2.15. The van der Waals surface area contributed by atoms with Crippen molar-refractivity contribution in [1.82, 2.24) is 0 Å². The van der Waals surface area contributed by atoms with Crippen LogP contribution in [-0.4, -0.2) is 0 Å². The van der Waals surface area contributed by atoms with Crippen LogP contribution in [0.5, 0.6) is 0 Å². The molecule has 86 valence electrons. The minimum atomic E-state index is 0.587. The minimum Gasteiger partial charge on any atom is -0.0651 e. The van der Waals surface area contributed by atoms with Gasteiger partial charge in [0.15, 0.2) is 0 Å². The molecule has 0 aliphatic heterocycles. The molecule has 2 atom stereocenters. The Bertz CT molecular complexity index is 137. The molecule has 0 heterocycles. The first-order valence-corrected chi connectivity index (χ1v) is 6.46. The van der Waals surface area contributed by atoms with Gasteiger partial charge in [0, 0.05) is 0 Å². The van der Waals surface area contributed by atoms with Gasteiger partial charge < -0.3 is 0 Å². The first-order valence-electron chi connectivity index (χ1n) is 6.46. The first kappa shape index (κ1) is 14.0. The smallest absolute Gasteiger partial charge is 0.0303 e. The molecule has 2 unspecified atom stereocenters. The monoisotopic (exact) mass is 198 g/mol. The zero-order chi connectivity index (χ0) is 11.2. The van der Waals surface area contributed by atoms with E-state index in [1.807, 2.05) is 0 Å². The molecule has 0 amide bonds. The Morgan fingerprint density at radius 2 is 1.64 bits per heavy atom. The topological polar surface area (TPSA) is 0 Å². The van der Waals surface area contributed by atoms with Gasteiger partial charge in [-0.2, -0.15) is 0 Å². The van der Waals surface area contributed by atoms with Crippen LogP contribution < -0.4 is 0 Å². The van der Waals surface area contributed by atoms with E-state index in [1.165, 1.54) is 32.1 Å². The molecule has 0 saturated carbocycles. The van der Waals surface area contributed by atoms with Crippen LogP contribution in [-0.2, 0) is 0 Å². The summed E-state index contributed by atoms with van der Waals surface area (Å²) in [5, 5.41) is 0. The Hall–Kier alpha value is 0. The number of hydrogen-bond acceptors (Lipinski definition) is 0. The van der Waals surface area contributed by atoms with Crippen molar-refractivity contribution < 1.29 is 0 Å². The molecular formula is C14H30. The van der Waals surface area contributed by atoms with Gasteiger partial charge in [0.25, 0.3) is 0 Å². The molecule has 0 fully saturated rings. The lowest BCUT2D eigenvalue weighted by Gasteiger charge is -2.34. The van der Waals surface area contributed by atoms with Gasteiger partial charge >= 0.3 is 0 Å². The third-order valence-electron chi connectivity index (χ3n) is 4.14. The summed E-state index contributed by atoms with van der Waals surface area (Å²) in [5.74, 6) is 1.74. The van der Waals surface area contributed by atoms with Crippen molar-refractivity contribution in [3.8, 4) is 0 Å². The molecule has 0 N–H and O–H groups in total. The van der Waals surface area contributed by atoms with Gasteiger partial charge in [0.1, 0.15) is 0 Å². The van der Waals surface area contributed by atoms with E-state index in [4.69, 9.17) is 0 Å².